The normalized spacial score (nSPS) is 12.7. The van der Waals surface area contributed by atoms with Crippen LogP contribution in [-0.4, -0.2) is 27.8 Å². The third-order valence-electron chi connectivity index (χ3n) is 3.16. The third-order valence-corrected chi connectivity index (χ3v) is 3.16. The molecule has 1 unspecified atom stereocenters. The second-order valence-electron chi connectivity index (χ2n) is 6.36. The van der Waals surface area contributed by atoms with Gasteiger partial charge in [-0.25, -0.2) is 0 Å². The van der Waals surface area contributed by atoms with Crippen LogP contribution in [0, 0.1) is 0 Å². The average molecular weight is 318 g/mol. The van der Waals surface area contributed by atoms with Gasteiger partial charge in [0.2, 0.25) is 11.8 Å². The van der Waals surface area contributed by atoms with Gasteiger partial charge in [0.1, 0.15) is 12.6 Å². The fraction of sp³-hybridized carbons (Fsp3) is 0.438. The van der Waals surface area contributed by atoms with Crippen molar-refractivity contribution in [2.75, 3.05) is 17.2 Å². The molecular weight excluding hydrogens is 296 g/mol. The number of aliphatic hydroxyl groups excluding tert-OH is 1. The van der Waals surface area contributed by atoms with Crippen molar-refractivity contribution in [3.05, 3.63) is 36.0 Å². The molecule has 1 amide bonds. The number of aliphatic hydroxyl groups is 1. The SMILES string of the molecule is CC(Nc1cccc(NC(=O)CO)c1)c1nc(C(C)(C)C)no1. The van der Waals surface area contributed by atoms with Gasteiger partial charge in [0.05, 0.1) is 0 Å². The van der Waals surface area contributed by atoms with E-state index < -0.39 is 12.5 Å². The summed E-state index contributed by atoms with van der Waals surface area (Å²) in [5.74, 6) is 0.701. The molecule has 7 heteroatoms. The summed E-state index contributed by atoms with van der Waals surface area (Å²) < 4.78 is 5.31. The fourth-order valence-corrected chi connectivity index (χ4v) is 1.91. The first-order valence-electron chi connectivity index (χ1n) is 7.41. The van der Waals surface area contributed by atoms with E-state index in [1.807, 2.05) is 33.8 Å². The fourth-order valence-electron chi connectivity index (χ4n) is 1.91. The number of benzene rings is 1. The maximum atomic E-state index is 11.2. The monoisotopic (exact) mass is 318 g/mol. The van der Waals surface area contributed by atoms with Crippen LogP contribution in [0.3, 0.4) is 0 Å². The quantitative estimate of drug-likeness (QED) is 0.783. The lowest BCUT2D eigenvalue weighted by Crippen LogP contribution is -2.15. The Morgan fingerprint density at radius 1 is 1.35 bits per heavy atom. The lowest BCUT2D eigenvalue weighted by Gasteiger charge is -2.13. The van der Waals surface area contributed by atoms with E-state index in [1.165, 1.54) is 0 Å². The highest BCUT2D eigenvalue weighted by Gasteiger charge is 2.23. The summed E-state index contributed by atoms with van der Waals surface area (Å²) in [4.78, 5) is 15.6. The molecule has 0 saturated carbocycles. The largest absolute Gasteiger partial charge is 0.387 e. The van der Waals surface area contributed by atoms with Crippen LogP contribution < -0.4 is 10.6 Å². The zero-order valence-electron chi connectivity index (χ0n) is 13.8. The molecule has 1 aromatic carbocycles. The highest BCUT2D eigenvalue weighted by molar-refractivity contribution is 5.91. The number of hydrogen-bond acceptors (Lipinski definition) is 6. The summed E-state index contributed by atoms with van der Waals surface area (Å²) in [6.07, 6.45) is 0. The van der Waals surface area contributed by atoms with Crippen molar-refractivity contribution >= 4 is 17.3 Å². The van der Waals surface area contributed by atoms with Crippen LogP contribution in [0.25, 0.3) is 0 Å². The summed E-state index contributed by atoms with van der Waals surface area (Å²) in [6.45, 7) is 7.43. The maximum absolute atomic E-state index is 11.2. The van der Waals surface area contributed by atoms with Crippen LogP contribution in [0.2, 0.25) is 0 Å². The van der Waals surface area contributed by atoms with Gasteiger partial charge >= 0.3 is 0 Å². The zero-order valence-corrected chi connectivity index (χ0v) is 13.8. The average Bonchev–Trinajstić information content (AvgIpc) is 2.97. The first kappa shape index (κ1) is 17.0. The van der Waals surface area contributed by atoms with E-state index in [4.69, 9.17) is 9.63 Å². The second kappa shape index (κ2) is 6.78. The number of aromatic nitrogens is 2. The van der Waals surface area contributed by atoms with Gasteiger partial charge in [-0.15, -0.1) is 0 Å². The molecule has 23 heavy (non-hydrogen) atoms. The van der Waals surface area contributed by atoms with Crippen LogP contribution in [0.1, 0.15) is 45.5 Å². The molecule has 1 atom stereocenters. The van der Waals surface area contributed by atoms with Crippen molar-refractivity contribution in [1.29, 1.82) is 0 Å². The van der Waals surface area contributed by atoms with E-state index in [-0.39, 0.29) is 11.5 Å². The maximum Gasteiger partial charge on any atom is 0.250 e. The third kappa shape index (κ3) is 4.53. The van der Waals surface area contributed by atoms with Crippen molar-refractivity contribution in [1.82, 2.24) is 10.1 Å². The van der Waals surface area contributed by atoms with Crippen molar-refractivity contribution in [2.45, 2.75) is 39.2 Å². The number of nitrogens with zero attached hydrogens (tertiary/aromatic N) is 2. The molecule has 1 aromatic heterocycles. The minimum atomic E-state index is -0.550. The van der Waals surface area contributed by atoms with Gasteiger partial charge in [-0.1, -0.05) is 32.0 Å². The van der Waals surface area contributed by atoms with Crippen molar-refractivity contribution in [2.24, 2.45) is 0 Å². The van der Waals surface area contributed by atoms with Crippen molar-refractivity contribution in [3.63, 3.8) is 0 Å². The predicted octanol–water partition coefficient (Wildman–Crippen LogP) is 2.47. The molecule has 0 radical (unpaired) electrons. The Bertz CT molecular complexity index is 676. The lowest BCUT2D eigenvalue weighted by atomic mass is 9.96. The van der Waals surface area contributed by atoms with E-state index in [0.29, 0.717) is 17.4 Å². The first-order chi connectivity index (χ1) is 10.8. The van der Waals surface area contributed by atoms with Gasteiger partial charge in [0, 0.05) is 16.8 Å². The Labute approximate surface area is 135 Å². The zero-order chi connectivity index (χ0) is 17.0. The van der Waals surface area contributed by atoms with E-state index in [0.717, 1.165) is 5.69 Å². The number of amides is 1. The van der Waals surface area contributed by atoms with Gasteiger partial charge in [-0.3, -0.25) is 4.79 Å². The van der Waals surface area contributed by atoms with Gasteiger partial charge in [-0.05, 0) is 25.1 Å². The molecule has 0 bridgehead atoms. The van der Waals surface area contributed by atoms with E-state index >= 15 is 0 Å². The highest BCUT2D eigenvalue weighted by Crippen LogP contribution is 2.24. The first-order valence-corrected chi connectivity index (χ1v) is 7.41. The molecule has 2 aromatic rings. The van der Waals surface area contributed by atoms with E-state index in [9.17, 15) is 4.79 Å². The van der Waals surface area contributed by atoms with Crippen LogP contribution in [0.4, 0.5) is 11.4 Å². The number of hydrogen-bond donors (Lipinski definition) is 3. The Hall–Kier alpha value is -2.41. The van der Waals surface area contributed by atoms with Gasteiger partial charge in [0.15, 0.2) is 5.82 Å². The second-order valence-corrected chi connectivity index (χ2v) is 6.36. The molecule has 0 aliphatic rings. The molecule has 0 spiro atoms. The van der Waals surface area contributed by atoms with Crippen LogP contribution in [-0.2, 0) is 10.2 Å². The molecule has 1 heterocycles. The topological polar surface area (TPSA) is 100 Å². The predicted molar refractivity (Wildman–Crippen MR) is 87.2 cm³/mol. The van der Waals surface area contributed by atoms with Crippen LogP contribution in [0.15, 0.2) is 28.8 Å². The molecular formula is C16H22N4O3. The highest BCUT2D eigenvalue weighted by atomic mass is 16.5. The summed E-state index contributed by atoms with van der Waals surface area (Å²) in [5, 5.41) is 18.6. The molecule has 3 N–H and O–H groups in total. The van der Waals surface area contributed by atoms with Gasteiger partial charge < -0.3 is 20.3 Å². The minimum absolute atomic E-state index is 0.171. The molecule has 124 valence electrons. The van der Waals surface area contributed by atoms with Crippen LogP contribution in [0.5, 0.6) is 0 Å². The molecule has 0 aliphatic carbocycles. The number of nitrogens with one attached hydrogen (secondary N) is 2. The van der Waals surface area contributed by atoms with E-state index in [1.54, 1.807) is 18.2 Å². The molecule has 0 fully saturated rings. The summed E-state index contributed by atoms with van der Waals surface area (Å²) >= 11 is 0. The summed E-state index contributed by atoms with van der Waals surface area (Å²) in [5.41, 5.74) is 1.22. The Morgan fingerprint density at radius 2 is 2.04 bits per heavy atom. The van der Waals surface area contributed by atoms with E-state index in [2.05, 4.69) is 20.8 Å². The van der Waals surface area contributed by atoms with Gasteiger partial charge in [-0.2, -0.15) is 4.98 Å². The lowest BCUT2D eigenvalue weighted by molar-refractivity contribution is -0.118. The standard InChI is InChI=1S/C16H22N4O3/c1-10(14-19-15(20-23-14)16(2,3)4)17-11-6-5-7-12(8-11)18-13(22)9-21/h5-8,10,17,21H,9H2,1-4H3,(H,18,22). The Kier molecular flexibility index (Phi) is 5.00. The van der Waals surface area contributed by atoms with Crippen molar-refractivity contribution in [3.8, 4) is 0 Å². The smallest absolute Gasteiger partial charge is 0.250 e. The number of carbonyl (C=O) groups is 1. The Morgan fingerprint density at radius 3 is 2.65 bits per heavy atom. The summed E-state index contributed by atoms with van der Waals surface area (Å²) in [7, 11) is 0. The van der Waals surface area contributed by atoms with Gasteiger partial charge in [0.25, 0.3) is 0 Å². The molecule has 0 saturated heterocycles. The molecule has 0 aliphatic heterocycles. The van der Waals surface area contributed by atoms with Crippen LogP contribution >= 0.6 is 0 Å². The Balaban J connectivity index is 2.08. The number of carbonyl (C=O) groups excluding carboxylic acids is 1. The molecule has 2 rings (SSSR count). The number of rotatable bonds is 5. The minimum Gasteiger partial charge on any atom is -0.387 e. The molecule has 7 nitrogen and oxygen atoms in total. The van der Waals surface area contributed by atoms with Crippen molar-refractivity contribution < 1.29 is 14.4 Å². The summed E-state index contributed by atoms with van der Waals surface area (Å²) in [6, 6.07) is 7.00. The number of anilines is 2.